The third kappa shape index (κ3) is 8.86. The van der Waals surface area contributed by atoms with E-state index in [0.717, 1.165) is 0 Å². The van der Waals surface area contributed by atoms with E-state index in [4.69, 9.17) is 5.26 Å². The lowest BCUT2D eigenvalue weighted by Gasteiger charge is -2.39. The molecule has 3 N–H and O–H groups in total. The van der Waals surface area contributed by atoms with Crippen molar-refractivity contribution in [2.45, 2.75) is 66.0 Å². The Morgan fingerprint density at radius 2 is 1.78 bits per heavy atom. The highest BCUT2D eigenvalue weighted by Crippen LogP contribution is 2.24. The molecule has 1 fully saturated rings. The molecule has 1 aromatic rings. The Morgan fingerprint density at radius 3 is 2.27 bits per heavy atom. The van der Waals surface area contributed by atoms with Gasteiger partial charge in [0.25, 0.3) is 5.91 Å². The van der Waals surface area contributed by atoms with Gasteiger partial charge in [-0.1, -0.05) is 34.6 Å². The Balaban J connectivity index is 2.01. The van der Waals surface area contributed by atoms with Crippen LogP contribution in [0, 0.1) is 28.6 Å². The van der Waals surface area contributed by atoms with E-state index in [1.807, 2.05) is 40.7 Å². The van der Waals surface area contributed by atoms with Crippen LogP contribution in [-0.2, 0) is 14.4 Å². The van der Waals surface area contributed by atoms with Crippen molar-refractivity contribution in [2.75, 3.05) is 19.6 Å². The Bertz CT molecular complexity index is 988. The van der Waals surface area contributed by atoms with Crippen molar-refractivity contribution in [3.8, 4) is 6.07 Å². The van der Waals surface area contributed by atoms with Crippen LogP contribution in [0.3, 0.4) is 0 Å². The van der Waals surface area contributed by atoms with Gasteiger partial charge in [-0.2, -0.15) is 5.26 Å². The highest BCUT2D eigenvalue weighted by atomic mass is 16.5. The number of hydroxylamine groups is 2. The summed E-state index contributed by atoms with van der Waals surface area (Å²) in [6.45, 7) is 10.2. The third-order valence-corrected chi connectivity index (χ3v) is 6.47. The van der Waals surface area contributed by atoms with Crippen molar-refractivity contribution < 1.29 is 24.4 Å². The normalized spacial score (nSPS) is 15.9. The monoisotopic (exact) mass is 513 g/mol. The molecular formula is C27H39N5O5. The van der Waals surface area contributed by atoms with E-state index in [-0.39, 0.29) is 42.6 Å². The van der Waals surface area contributed by atoms with E-state index in [1.165, 1.54) is 0 Å². The van der Waals surface area contributed by atoms with Gasteiger partial charge >= 0.3 is 0 Å². The first-order valence-corrected chi connectivity index (χ1v) is 12.7. The number of nitrogens with one attached hydrogen (secondary N) is 2. The zero-order valence-electron chi connectivity index (χ0n) is 22.4. The molecule has 4 amide bonds. The molecule has 0 radical (unpaired) electrons. The Morgan fingerprint density at radius 1 is 1.19 bits per heavy atom. The molecule has 1 aliphatic heterocycles. The topological polar surface area (TPSA) is 143 Å². The van der Waals surface area contributed by atoms with Gasteiger partial charge in [0, 0.05) is 24.7 Å². The van der Waals surface area contributed by atoms with Gasteiger partial charge in [0.1, 0.15) is 6.04 Å². The fourth-order valence-corrected chi connectivity index (χ4v) is 4.40. The van der Waals surface area contributed by atoms with Crippen LogP contribution in [0.1, 0.15) is 69.8 Å². The van der Waals surface area contributed by atoms with Crippen LogP contribution in [0.4, 0.5) is 0 Å². The zero-order chi connectivity index (χ0) is 27.8. The lowest BCUT2D eigenvalue weighted by Crippen LogP contribution is -2.58. The standard InChI is InChI=1S/C27H39N5O5/c1-18(2)14-21(16-32(37)17-33)25(35)30-23(27(3,4)5)26(36)31-12-10-22(11-13-31)29-24(34)20-8-6-19(15-28)7-9-20/h6-9,17-18,21-23,37H,10-14,16H2,1-5H3,(H,29,34)(H,30,35)/t21-,23-/m1/s1. The molecule has 10 heteroatoms. The number of rotatable bonds is 10. The predicted octanol–water partition coefficient (Wildman–Crippen LogP) is 2.32. The number of nitrogens with zero attached hydrogens (tertiary/aromatic N) is 3. The number of likely N-dealkylation sites (tertiary alicyclic amines) is 1. The summed E-state index contributed by atoms with van der Waals surface area (Å²) in [5, 5.41) is 24.9. The van der Waals surface area contributed by atoms with Gasteiger partial charge in [0.15, 0.2) is 0 Å². The van der Waals surface area contributed by atoms with Crippen LogP contribution in [0.15, 0.2) is 24.3 Å². The lowest BCUT2D eigenvalue weighted by molar-refractivity contribution is -0.156. The quantitative estimate of drug-likeness (QED) is 0.249. The van der Waals surface area contributed by atoms with Gasteiger partial charge in [-0.25, -0.2) is 5.06 Å². The molecule has 1 aliphatic rings. The molecule has 0 saturated carbocycles. The van der Waals surface area contributed by atoms with Gasteiger partial charge in [0.2, 0.25) is 18.2 Å². The molecule has 2 rings (SSSR count). The van der Waals surface area contributed by atoms with E-state index in [1.54, 1.807) is 29.2 Å². The molecular weight excluding hydrogens is 474 g/mol. The van der Waals surface area contributed by atoms with Gasteiger partial charge in [-0.3, -0.25) is 24.4 Å². The number of hydrogen-bond donors (Lipinski definition) is 3. The molecule has 10 nitrogen and oxygen atoms in total. The highest BCUT2D eigenvalue weighted by molar-refractivity contribution is 5.94. The minimum Gasteiger partial charge on any atom is -0.349 e. The van der Waals surface area contributed by atoms with Crippen molar-refractivity contribution in [2.24, 2.45) is 17.3 Å². The van der Waals surface area contributed by atoms with E-state index >= 15 is 0 Å². The fourth-order valence-electron chi connectivity index (χ4n) is 4.40. The van der Waals surface area contributed by atoms with Crippen molar-refractivity contribution in [3.05, 3.63) is 35.4 Å². The summed E-state index contributed by atoms with van der Waals surface area (Å²) in [7, 11) is 0. The smallest absolute Gasteiger partial charge is 0.251 e. The molecule has 0 aliphatic carbocycles. The zero-order valence-corrected chi connectivity index (χ0v) is 22.4. The van der Waals surface area contributed by atoms with Crippen molar-refractivity contribution in [1.82, 2.24) is 20.6 Å². The minimum absolute atomic E-state index is 0.0934. The lowest BCUT2D eigenvalue weighted by atomic mass is 9.84. The van der Waals surface area contributed by atoms with Gasteiger partial charge < -0.3 is 15.5 Å². The van der Waals surface area contributed by atoms with Crippen LogP contribution in [0.5, 0.6) is 0 Å². The first-order valence-electron chi connectivity index (χ1n) is 12.7. The van der Waals surface area contributed by atoms with E-state index in [9.17, 15) is 24.4 Å². The second-order valence-corrected chi connectivity index (χ2v) is 11.1. The molecule has 0 spiro atoms. The van der Waals surface area contributed by atoms with Gasteiger partial charge in [-0.05, 0) is 54.9 Å². The molecule has 1 saturated heterocycles. The van der Waals surface area contributed by atoms with Gasteiger partial charge in [-0.15, -0.1) is 0 Å². The number of piperidine rings is 1. The largest absolute Gasteiger partial charge is 0.349 e. The Hall–Kier alpha value is -3.45. The molecule has 1 heterocycles. The number of nitriles is 1. The summed E-state index contributed by atoms with van der Waals surface area (Å²) >= 11 is 0. The Labute approximate surface area is 218 Å². The van der Waals surface area contributed by atoms with E-state index in [0.29, 0.717) is 48.5 Å². The first kappa shape index (κ1) is 29.8. The second kappa shape index (κ2) is 13.2. The molecule has 0 unspecified atom stereocenters. The van der Waals surface area contributed by atoms with Crippen molar-refractivity contribution in [3.63, 3.8) is 0 Å². The number of hydrogen-bond acceptors (Lipinski definition) is 6. The molecule has 0 bridgehead atoms. The second-order valence-electron chi connectivity index (χ2n) is 11.1. The summed E-state index contributed by atoms with van der Waals surface area (Å²) in [5.74, 6) is -1.31. The van der Waals surface area contributed by atoms with Crippen LogP contribution in [0.2, 0.25) is 0 Å². The molecule has 0 aromatic heterocycles. The van der Waals surface area contributed by atoms with Gasteiger partial charge in [0.05, 0.1) is 24.1 Å². The molecule has 202 valence electrons. The van der Waals surface area contributed by atoms with Crippen LogP contribution < -0.4 is 10.6 Å². The average molecular weight is 514 g/mol. The van der Waals surface area contributed by atoms with E-state index in [2.05, 4.69) is 10.6 Å². The molecule has 1 aromatic carbocycles. The highest BCUT2D eigenvalue weighted by Gasteiger charge is 2.38. The summed E-state index contributed by atoms with van der Waals surface area (Å²) in [4.78, 5) is 51.8. The number of carbonyl (C=O) groups is 4. The summed E-state index contributed by atoms with van der Waals surface area (Å²) < 4.78 is 0. The summed E-state index contributed by atoms with van der Waals surface area (Å²) in [5.41, 5.74) is 0.385. The summed E-state index contributed by atoms with van der Waals surface area (Å²) in [6, 6.07) is 7.56. The van der Waals surface area contributed by atoms with Crippen LogP contribution >= 0.6 is 0 Å². The van der Waals surface area contributed by atoms with Crippen LogP contribution in [0.25, 0.3) is 0 Å². The van der Waals surface area contributed by atoms with Crippen LogP contribution in [-0.4, -0.2) is 71.0 Å². The maximum absolute atomic E-state index is 13.5. The predicted molar refractivity (Wildman–Crippen MR) is 137 cm³/mol. The maximum atomic E-state index is 13.5. The molecule has 2 atom stereocenters. The fraction of sp³-hybridized carbons (Fsp3) is 0.593. The maximum Gasteiger partial charge on any atom is 0.251 e. The van der Waals surface area contributed by atoms with E-state index < -0.39 is 17.4 Å². The minimum atomic E-state index is -0.789. The first-order chi connectivity index (χ1) is 17.3. The third-order valence-electron chi connectivity index (χ3n) is 6.47. The Kier molecular flexibility index (Phi) is 10.6. The summed E-state index contributed by atoms with van der Waals surface area (Å²) in [6.07, 6.45) is 1.87. The SMILES string of the molecule is CC(C)C[C@H](CN(O)C=O)C(=O)N[C@H](C(=O)N1CCC(NC(=O)c2ccc(C#N)cc2)CC1)C(C)(C)C. The number of benzene rings is 1. The number of carbonyl (C=O) groups excluding carboxylic acids is 4. The van der Waals surface area contributed by atoms with Crippen molar-refractivity contribution in [1.29, 1.82) is 5.26 Å². The molecule has 37 heavy (non-hydrogen) atoms. The average Bonchev–Trinajstić information content (AvgIpc) is 2.85. The van der Waals surface area contributed by atoms with Crippen molar-refractivity contribution >= 4 is 24.1 Å². The number of amides is 4.